The van der Waals surface area contributed by atoms with Crippen LogP contribution in [0.15, 0.2) is 9.98 Å². The lowest BCUT2D eigenvalue weighted by atomic mass is 10.0. The summed E-state index contributed by atoms with van der Waals surface area (Å²) in [5, 5.41) is 0. The molecule has 2 nitrogen and oxygen atoms in total. The summed E-state index contributed by atoms with van der Waals surface area (Å²) in [4.78, 5) is 8.58. The summed E-state index contributed by atoms with van der Waals surface area (Å²) in [6.45, 7) is 3.10. The van der Waals surface area contributed by atoms with Gasteiger partial charge in [0.15, 0.2) is 0 Å². The summed E-state index contributed by atoms with van der Waals surface area (Å²) in [5.41, 5.74) is 0. The Labute approximate surface area is 126 Å². The van der Waals surface area contributed by atoms with E-state index in [1.807, 2.05) is 6.21 Å². The molecule has 0 aromatic rings. The summed E-state index contributed by atoms with van der Waals surface area (Å²) in [5.74, 6) is 1.08. The van der Waals surface area contributed by atoms with E-state index in [4.69, 9.17) is 0 Å². The Morgan fingerprint density at radius 1 is 0.750 bits per heavy atom. The molecule has 0 saturated carbocycles. The summed E-state index contributed by atoms with van der Waals surface area (Å²) in [6, 6.07) is 0. The van der Waals surface area contributed by atoms with Crippen LogP contribution in [0, 0.1) is 0 Å². The van der Waals surface area contributed by atoms with E-state index in [0.29, 0.717) is 0 Å². The number of amidine groups is 1. The molecular weight excluding hydrogens is 244 g/mol. The summed E-state index contributed by atoms with van der Waals surface area (Å²) in [7, 11) is 0. The van der Waals surface area contributed by atoms with Gasteiger partial charge in [-0.3, -0.25) is 4.99 Å². The van der Waals surface area contributed by atoms with Gasteiger partial charge in [-0.15, -0.1) is 0 Å². The van der Waals surface area contributed by atoms with Crippen LogP contribution in [-0.4, -0.2) is 18.6 Å². The SMILES string of the molecule is CCCCCCCCCCCCCCCC1=NCC=N1. The zero-order chi connectivity index (χ0) is 14.3. The van der Waals surface area contributed by atoms with Gasteiger partial charge in [-0.2, -0.15) is 0 Å². The van der Waals surface area contributed by atoms with Crippen molar-refractivity contribution >= 4 is 12.1 Å². The van der Waals surface area contributed by atoms with E-state index < -0.39 is 0 Å². The zero-order valence-electron chi connectivity index (χ0n) is 13.6. The van der Waals surface area contributed by atoms with Gasteiger partial charge in [0.2, 0.25) is 0 Å². The molecule has 0 amide bonds. The van der Waals surface area contributed by atoms with Crippen molar-refractivity contribution in [2.75, 3.05) is 6.54 Å². The highest BCUT2D eigenvalue weighted by molar-refractivity contribution is 5.94. The molecule has 0 saturated heterocycles. The topological polar surface area (TPSA) is 24.7 Å². The van der Waals surface area contributed by atoms with Crippen LogP contribution in [0.5, 0.6) is 0 Å². The van der Waals surface area contributed by atoms with Crippen LogP contribution < -0.4 is 0 Å². The van der Waals surface area contributed by atoms with Crippen molar-refractivity contribution in [3.63, 3.8) is 0 Å². The monoisotopic (exact) mass is 278 g/mol. The first kappa shape index (κ1) is 17.4. The van der Waals surface area contributed by atoms with Crippen LogP contribution in [0.4, 0.5) is 0 Å². The highest BCUT2D eigenvalue weighted by Gasteiger charge is 2.00. The Morgan fingerprint density at radius 3 is 1.70 bits per heavy atom. The molecular formula is C18H34N2. The predicted molar refractivity (Wildman–Crippen MR) is 91.1 cm³/mol. The van der Waals surface area contributed by atoms with Crippen molar-refractivity contribution in [1.29, 1.82) is 0 Å². The first-order valence-corrected chi connectivity index (χ1v) is 8.99. The van der Waals surface area contributed by atoms with Gasteiger partial charge in [0, 0.05) is 12.6 Å². The Kier molecular flexibility index (Phi) is 11.6. The first-order chi connectivity index (χ1) is 9.93. The van der Waals surface area contributed by atoms with Gasteiger partial charge in [0.05, 0.1) is 6.54 Å². The minimum Gasteiger partial charge on any atom is -0.265 e. The number of unbranched alkanes of at least 4 members (excludes halogenated alkanes) is 12. The molecule has 0 radical (unpaired) electrons. The number of nitrogens with zero attached hydrogens (tertiary/aromatic N) is 2. The van der Waals surface area contributed by atoms with E-state index in [2.05, 4.69) is 16.9 Å². The minimum absolute atomic E-state index is 0.813. The van der Waals surface area contributed by atoms with Crippen molar-refractivity contribution < 1.29 is 0 Å². The van der Waals surface area contributed by atoms with Gasteiger partial charge in [-0.05, 0) is 6.42 Å². The van der Waals surface area contributed by atoms with Crippen molar-refractivity contribution in [2.24, 2.45) is 9.98 Å². The fraction of sp³-hybridized carbons (Fsp3) is 0.889. The minimum atomic E-state index is 0.813. The van der Waals surface area contributed by atoms with E-state index in [-0.39, 0.29) is 0 Å². The molecule has 0 aliphatic carbocycles. The van der Waals surface area contributed by atoms with Crippen molar-refractivity contribution in [3.05, 3.63) is 0 Å². The molecule has 20 heavy (non-hydrogen) atoms. The Balaban J connectivity index is 1.69. The number of rotatable bonds is 14. The summed E-state index contributed by atoms with van der Waals surface area (Å²) in [6.07, 6.45) is 21.4. The molecule has 116 valence electrons. The third-order valence-electron chi connectivity index (χ3n) is 4.10. The average Bonchev–Trinajstić information content (AvgIpc) is 2.97. The van der Waals surface area contributed by atoms with Gasteiger partial charge in [-0.1, -0.05) is 84.0 Å². The first-order valence-electron chi connectivity index (χ1n) is 8.99. The molecule has 0 unspecified atom stereocenters. The molecule has 0 N–H and O–H groups in total. The lowest BCUT2D eigenvalue weighted by Crippen LogP contribution is -1.90. The lowest BCUT2D eigenvalue weighted by molar-refractivity contribution is 0.541. The highest BCUT2D eigenvalue weighted by Crippen LogP contribution is 2.13. The van der Waals surface area contributed by atoms with Crippen LogP contribution in [-0.2, 0) is 0 Å². The van der Waals surface area contributed by atoms with E-state index >= 15 is 0 Å². The van der Waals surface area contributed by atoms with E-state index in [1.54, 1.807) is 0 Å². The summed E-state index contributed by atoms with van der Waals surface area (Å²) < 4.78 is 0. The number of hydrogen-bond donors (Lipinski definition) is 0. The van der Waals surface area contributed by atoms with Crippen molar-refractivity contribution in [2.45, 2.75) is 96.8 Å². The Morgan fingerprint density at radius 2 is 1.25 bits per heavy atom. The van der Waals surface area contributed by atoms with Gasteiger partial charge >= 0.3 is 0 Å². The van der Waals surface area contributed by atoms with Crippen LogP contribution in [0.25, 0.3) is 0 Å². The molecule has 1 aliphatic heterocycles. The second-order valence-corrected chi connectivity index (χ2v) is 6.06. The quantitative estimate of drug-likeness (QED) is 0.351. The lowest BCUT2D eigenvalue weighted by Gasteiger charge is -2.03. The largest absolute Gasteiger partial charge is 0.265 e. The van der Waals surface area contributed by atoms with Gasteiger partial charge < -0.3 is 0 Å². The molecule has 0 spiro atoms. The van der Waals surface area contributed by atoms with E-state index in [1.165, 1.54) is 83.5 Å². The highest BCUT2D eigenvalue weighted by atomic mass is 15.0. The van der Waals surface area contributed by atoms with Gasteiger partial charge in [0.25, 0.3) is 0 Å². The van der Waals surface area contributed by atoms with Crippen LogP contribution in [0.2, 0.25) is 0 Å². The second kappa shape index (κ2) is 13.3. The Hall–Kier alpha value is -0.660. The molecule has 1 heterocycles. The van der Waals surface area contributed by atoms with Crippen LogP contribution in [0.1, 0.15) is 96.8 Å². The van der Waals surface area contributed by atoms with Crippen molar-refractivity contribution in [3.8, 4) is 0 Å². The predicted octanol–water partition coefficient (Wildman–Crippen LogP) is 5.95. The summed E-state index contributed by atoms with van der Waals surface area (Å²) >= 11 is 0. The molecule has 0 atom stereocenters. The molecule has 0 aromatic carbocycles. The second-order valence-electron chi connectivity index (χ2n) is 6.06. The smallest absolute Gasteiger partial charge is 0.123 e. The maximum Gasteiger partial charge on any atom is 0.123 e. The number of aliphatic imine (C=N–C) groups is 2. The van der Waals surface area contributed by atoms with Crippen molar-refractivity contribution in [1.82, 2.24) is 0 Å². The van der Waals surface area contributed by atoms with E-state index in [9.17, 15) is 0 Å². The molecule has 0 bridgehead atoms. The Bertz CT molecular complexity index is 269. The molecule has 1 rings (SSSR count). The average molecular weight is 278 g/mol. The normalized spacial score (nSPS) is 13.9. The molecule has 0 aromatic heterocycles. The molecule has 1 aliphatic rings. The zero-order valence-corrected chi connectivity index (χ0v) is 13.6. The van der Waals surface area contributed by atoms with E-state index in [0.717, 1.165) is 18.8 Å². The maximum atomic E-state index is 4.32. The fourth-order valence-corrected chi connectivity index (χ4v) is 2.78. The van der Waals surface area contributed by atoms with Gasteiger partial charge in [-0.25, -0.2) is 4.99 Å². The molecule has 2 heteroatoms. The molecule has 0 fully saturated rings. The third kappa shape index (κ3) is 10.2. The fourth-order valence-electron chi connectivity index (χ4n) is 2.78. The third-order valence-corrected chi connectivity index (χ3v) is 4.10. The van der Waals surface area contributed by atoms with Crippen LogP contribution >= 0.6 is 0 Å². The maximum absolute atomic E-state index is 4.32. The van der Waals surface area contributed by atoms with Gasteiger partial charge in [0.1, 0.15) is 5.84 Å². The standard InChI is InChI=1S/C18H34N2/c1-2-3-4-5-6-7-8-9-10-11-12-13-14-15-18-19-16-17-20-18/h16H,2-15,17H2,1H3. The number of hydrogen-bond acceptors (Lipinski definition) is 2. The van der Waals surface area contributed by atoms with Crippen LogP contribution in [0.3, 0.4) is 0 Å².